The Labute approximate surface area is 155 Å². The minimum Gasteiger partial charge on any atom is -0.497 e. The van der Waals surface area contributed by atoms with E-state index < -0.39 is 0 Å². The molecule has 1 N–H and O–H groups in total. The third kappa shape index (κ3) is 4.84. The van der Waals surface area contributed by atoms with E-state index in [4.69, 9.17) is 13.9 Å². The van der Waals surface area contributed by atoms with Gasteiger partial charge in [0.25, 0.3) is 0 Å². The molecule has 0 radical (unpaired) electrons. The van der Waals surface area contributed by atoms with Crippen LogP contribution in [0.15, 0.2) is 53.1 Å². The lowest BCUT2D eigenvalue weighted by atomic mass is 10.2. The van der Waals surface area contributed by atoms with E-state index in [-0.39, 0.29) is 18.1 Å². The van der Waals surface area contributed by atoms with Gasteiger partial charge in [-0.05, 0) is 24.3 Å². The first-order valence-corrected chi connectivity index (χ1v) is 8.31. The molecule has 0 aliphatic rings. The van der Waals surface area contributed by atoms with Gasteiger partial charge in [-0.3, -0.25) is 4.79 Å². The minimum absolute atomic E-state index is 0.188. The van der Waals surface area contributed by atoms with Crippen LogP contribution in [0.2, 0.25) is 0 Å². The number of nitrogens with one attached hydrogen (secondary N) is 1. The van der Waals surface area contributed by atoms with Crippen molar-refractivity contribution in [2.45, 2.75) is 12.8 Å². The van der Waals surface area contributed by atoms with Crippen LogP contribution in [0, 0.1) is 5.82 Å². The van der Waals surface area contributed by atoms with Crippen molar-refractivity contribution >= 4 is 11.6 Å². The van der Waals surface area contributed by atoms with Gasteiger partial charge >= 0.3 is 0 Å². The van der Waals surface area contributed by atoms with E-state index in [1.807, 2.05) is 0 Å². The van der Waals surface area contributed by atoms with Gasteiger partial charge in [0, 0.05) is 42.3 Å². The summed E-state index contributed by atoms with van der Waals surface area (Å²) in [6.45, 7) is 0. The third-order valence-corrected chi connectivity index (χ3v) is 3.88. The number of hydrogen-bond acceptors (Lipinski definition) is 5. The second-order valence-corrected chi connectivity index (χ2v) is 5.77. The molecule has 0 aliphatic carbocycles. The molecular weight excluding hydrogens is 351 g/mol. The number of carbonyl (C=O) groups excluding carboxylic acids is 1. The second kappa shape index (κ2) is 8.35. The fourth-order valence-electron chi connectivity index (χ4n) is 2.50. The molecule has 3 rings (SSSR count). The van der Waals surface area contributed by atoms with Crippen LogP contribution >= 0.6 is 0 Å². The number of nitrogens with zero attached hydrogens (tertiary/aromatic N) is 1. The number of rotatable bonds is 7. The highest BCUT2D eigenvalue weighted by Crippen LogP contribution is 2.26. The predicted molar refractivity (Wildman–Crippen MR) is 98.4 cm³/mol. The van der Waals surface area contributed by atoms with Crippen molar-refractivity contribution in [3.8, 4) is 22.8 Å². The summed E-state index contributed by atoms with van der Waals surface area (Å²) in [7, 11) is 3.09. The zero-order chi connectivity index (χ0) is 19.2. The number of oxazole rings is 1. The lowest BCUT2D eigenvalue weighted by molar-refractivity contribution is -0.116. The zero-order valence-corrected chi connectivity index (χ0v) is 15.0. The Balaban J connectivity index is 1.59. The first kappa shape index (κ1) is 18.4. The number of aromatic nitrogens is 1. The van der Waals surface area contributed by atoms with E-state index >= 15 is 0 Å². The molecule has 7 heteroatoms. The largest absolute Gasteiger partial charge is 0.497 e. The van der Waals surface area contributed by atoms with Crippen LogP contribution in [0.5, 0.6) is 11.5 Å². The normalized spacial score (nSPS) is 10.5. The first-order chi connectivity index (χ1) is 13.1. The average Bonchev–Trinajstić information content (AvgIpc) is 3.15. The summed E-state index contributed by atoms with van der Waals surface area (Å²) in [5, 5.41) is 2.80. The van der Waals surface area contributed by atoms with Gasteiger partial charge in [-0.25, -0.2) is 9.37 Å². The maximum Gasteiger partial charge on any atom is 0.224 e. The Morgan fingerprint density at radius 3 is 2.41 bits per heavy atom. The number of aryl methyl sites for hydroxylation is 1. The molecule has 1 heterocycles. The summed E-state index contributed by atoms with van der Waals surface area (Å²) < 4.78 is 29.0. The number of hydrogen-bond donors (Lipinski definition) is 1. The van der Waals surface area contributed by atoms with Crippen LogP contribution in [-0.2, 0) is 11.2 Å². The van der Waals surface area contributed by atoms with Crippen molar-refractivity contribution in [2.75, 3.05) is 19.5 Å². The number of ether oxygens (including phenoxy) is 2. The number of halogens is 1. The number of benzene rings is 2. The molecule has 0 fully saturated rings. The number of anilines is 1. The fourth-order valence-corrected chi connectivity index (χ4v) is 2.50. The van der Waals surface area contributed by atoms with Gasteiger partial charge in [0.15, 0.2) is 11.7 Å². The second-order valence-electron chi connectivity index (χ2n) is 5.77. The summed E-state index contributed by atoms with van der Waals surface area (Å²) in [5.41, 5.74) is 1.30. The van der Waals surface area contributed by atoms with Crippen LogP contribution in [-0.4, -0.2) is 25.1 Å². The standard InChI is InChI=1S/C20H19FN2O4/c1-25-16-9-15(10-17(11-16)26-2)23-19(24)7-8-20-22-12-18(27-20)13-3-5-14(21)6-4-13/h3-6,9-12H,7-8H2,1-2H3,(H,23,24). The summed E-state index contributed by atoms with van der Waals surface area (Å²) >= 11 is 0. The molecule has 3 aromatic rings. The van der Waals surface area contributed by atoms with Crippen LogP contribution < -0.4 is 14.8 Å². The van der Waals surface area contributed by atoms with Crippen LogP contribution in [0.4, 0.5) is 10.1 Å². The van der Waals surface area contributed by atoms with Gasteiger partial charge in [-0.2, -0.15) is 0 Å². The van der Waals surface area contributed by atoms with Crippen LogP contribution in [0.25, 0.3) is 11.3 Å². The number of amides is 1. The van der Waals surface area contributed by atoms with Crippen molar-refractivity contribution in [1.82, 2.24) is 4.98 Å². The quantitative estimate of drug-likeness (QED) is 0.679. The molecule has 0 saturated heterocycles. The van der Waals surface area contributed by atoms with E-state index in [2.05, 4.69) is 10.3 Å². The Morgan fingerprint density at radius 2 is 1.78 bits per heavy atom. The van der Waals surface area contributed by atoms with Crippen molar-refractivity contribution in [1.29, 1.82) is 0 Å². The maximum absolute atomic E-state index is 13.0. The van der Waals surface area contributed by atoms with Gasteiger partial charge in [-0.15, -0.1) is 0 Å². The van der Waals surface area contributed by atoms with Crippen molar-refractivity contribution in [3.63, 3.8) is 0 Å². The molecule has 1 aromatic heterocycles. The van der Waals surface area contributed by atoms with Gasteiger partial charge in [0.1, 0.15) is 17.3 Å². The van der Waals surface area contributed by atoms with Gasteiger partial charge in [0.05, 0.1) is 20.4 Å². The number of methoxy groups -OCH3 is 2. The Hall–Kier alpha value is -3.35. The van der Waals surface area contributed by atoms with E-state index in [1.165, 1.54) is 12.1 Å². The molecule has 0 saturated carbocycles. The van der Waals surface area contributed by atoms with Crippen molar-refractivity contribution < 1.29 is 23.1 Å². The van der Waals surface area contributed by atoms with Gasteiger partial charge in [-0.1, -0.05) is 0 Å². The highest BCUT2D eigenvalue weighted by Gasteiger charge is 2.10. The van der Waals surface area contributed by atoms with Crippen LogP contribution in [0.3, 0.4) is 0 Å². The molecule has 0 bridgehead atoms. The lowest BCUT2D eigenvalue weighted by Gasteiger charge is -2.09. The maximum atomic E-state index is 13.0. The summed E-state index contributed by atoms with van der Waals surface area (Å²) in [6.07, 6.45) is 2.10. The van der Waals surface area contributed by atoms with Gasteiger partial charge < -0.3 is 19.2 Å². The topological polar surface area (TPSA) is 73.6 Å². The molecule has 27 heavy (non-hydrogen) atoms. The molecular formula is C20H19FN2O4. The first-order valence-electron chi connectivity index (χ1n) is 8.31. The minimum atomic E-state index is -0.315. The highest BCUT2D eigenvalue weighted by molar-refractivity contribution is 5.91. The molecule has 0 spiro atoms. The van der Waals surface area contributed by atoms with E-state index in [0.29, 0.717) is 35.3 Å². The zero-order valence-electron chi connectivity index (χ0n) is 15.0. The smallest absolute Gasteiger partial charge is 0.224 e. The van der Waals surface area contributed by atoms with E-state index in [1.54, 1.807) is 50.7 Å². The predicted octanol–water partition coefficient (Wildman–Crippen LogP) is 4.07. The molecule has 140 valence electrons. The van der Waals surface area contributed by atoms with Crippen LogP contribution in [0.1, 0.15) is 12.3 Å². The molecule has 0 unspecified atom stereocenters. The molecule has 1 amide bonds. The average molecular weight is 370 g/mol. The summed E-state index contributed by atoms with van der Waals surface area (Å²) in [6, 6.07) is 11.1. The van der Waals surface area contributed by atoms with Gasteiger partial charge in [0.2, 0.25) is 5.91 Å². The van der Waals surface area contributed by atoms with E-state index in [0.717, 1.165) is 5.56 Å². The molecule has 0 atom stereocenters. The SMILES string of the molecule is COc1cc(NC(=O)CCc2ncc(-c3ccc(F)cc3)o2)cc(OC)c1. The molecule has 0 aliphatic heterocycles. The van der Waals surface area contributed by atoms with Crippen molar-refractivity contribution in [3.05, 3.63) is 60.4 Å². The lowest BCUT2D eigenvalue weighted by Crippen LogP contribution is -2.12. The Morgan fingerprint density at radius 1 is 1.11 bits per heavy atom. The Kier molecular flexibility index (Phi) is 5.71. The molecule has 6 nitrogen and oxygen atoms in total. The monoisotopic (exact) mass is 370 g/mol. The Bertz CT molecular complexity index is 900. The summed E-state index contributed by atoms with van der Waals surface area (Å²) in [4.78, 5) is 16.4. The summed E-state index contributed by atoms with van der Waals surface area (Å²) in [5.74, 6) is 1.63. The van der Waals surface area contributed by atoms with Crippen molar-refractivity contribution in [2.24, 2.45) is 0 Å². The number of carbonyl (C=O) groups is 1. The third-order valence-electron chi connectivity index (χ3n) is 3.88. The highest BCUT2D eigenvalue weighted by atomic mass is 19.1. The van der Waals surface area contributed by atoms with E-state index in [9.17, 15) is 9.18 Å². The molecule has 2 aromatic carbocycles. The fraction of sp³-hybridized carbons (Fsp3) is 0.200.